The Morgan fingerprint density at radius 3 is 2.70 bits per heavy atom. The third-order valence-electron chi connectivity index (χ3n) is 2.68. The predicted octanol–water partition coefficient (Wildman–Crippen LogP) is 3.72. The summed E-state index contributed by atoms with van der Waals surface area (Å²) in [6.45, 7) is 0.144. The first-order valence-corrected chi connectivity index (χ1v) is 5.92. The zero-order valence-electron chi connectivity index (χ0n) is 10.7. The van der Waals surface area contributed by atoms with Crippen molar-refractivity contribution in [3.63, 3.8) is 0 Å². The highest BCUT2D eigenvalue weighted by Crippen LogP contribution is 2.31. The van der Waals surface area contributed by atoms with Crippen LogP contribution in [-0.2, 0) is 12.8 Å². The Morgan fingerprint density at radius 2 is 2.00 bits per heavy atom. The lowest BCUT2D eigenvalue weighted by Gasteiger charge is -2.11. The highest BCUT2D eigenvalue weighted by molar-refractivity contribution is 5.43. The molecule has 6 heteroatoms. The minimum Gasteiger partial charge on any atom is -0.489 e. The molecule has 106 valence electrons. The maximum absolute atomic E-state index is 12.6. The van der Waals surface area contributed by atoms with Crippen molar-refractivity contribution in [1.82, 2.24) is 4.98 Å². The third-order valence-corrected chi connectivity index (χ3v) is 2.68. The summed E-state index contributed by atoms with van der Waals surface area (Å²) in [6, 6.07) is 8.34. The summed E-state index contributed by atoms with van der Waals surface area (Å²) < 4.78 is 43.1. The van der Waals surface area contributed by atoms with E-state index in [0.717, 1.165) is 17.7 Å². The van der Waals surface area contributed by atoms with Gasteiger partial charge in [-0.2, -0.15) is 13.2 Å². The first-order valence-electron chi connectivity index (χ1n) is 5.92. The van der Waals surface area contributed by atoms with E-state index in [1.807, 2.05) is 0 Å². The molecule has 0 atom stereocenters. The summed E-state index contributed by atoms with van der Waals surface area (Å²) in [5.41, 5.74) is 0.0439. The van der Waals surface area contributed by atoms with E-state index >= 15 is 0 Å². The van der Waals surface area contributed by atoms with E-state index in [4.69, 9.17) is 4.74 Å². The zero-order chi connectivity index (χ0) is 14.6. The number of hydrogen-bond donors (Lipinski definition) is 1. The van der Waals surface area contributed by atoms with E-state index in [9.17, 15) is 13.2 Å². The van der Waals surface area contributed by atoms with E-state index in [2.05, 4.69) is 10.3 Å². The summed E-state index contributed by atoms with van der Waals surface area (Å²) in [6.07, 6.45) is -2.75. The number of hydrogen-bond acceptors (Lipinski definition) is 3. The lowest BCUT2D eigenvalue weighted by atomic mass is 10.2. The summed E-state index contributed by atoms with van der Waals surface area (Å²) in [5, 5.41) is 2.90. The Bertz CT molecular complexity index is 585. The average molecular weight is 282 g/mol. The van der Waals surface area contributed by atoms with Crippen LogP contribution in [0.15, 0.2) is 42.6 Å². The largest absolute Gasteiger partial charge is 0.489 e. The van der Waals surface area contributed by atoms with Gasteiger partial charge in [-0.1, -0.05) is 12.1 Å². The lowest BCUT2D eigenvalue weighted by molar-refractivity contribution is -0.137. The van der Waals surface area contributed by atoms with Crippen molar-refractivity contribution >= 4 is 5.82 Å². The van der Waals surface area contributed by atoms with Crippen molar-refractivity contribution in [1.29, 1.82) is 0 Å². The number of rotatable bonds is 4. The van der Waals surface area contributed by atoms with Gasteiger partial charge in [0.1, 0.15) is 18.2 Å². The van der Waals surface area contributed by atoms with Crippen LogP contribution in [0.3, 0.4) is 0 Å². The molecule has 20 heavy (non-hydrogen) atoms. The van der Waals surface area contributed by atoms with Crippen LogP contribution in [0.5, 0.6) is 5.75 Å². The van der Waals surface area contributed by atoms with Gasteiger partial charge >= 0.3 is 6.18 Å². The van der Waals surface area contributed by atoms with Crippen LogP contribution in [0.25, 0.3) is 0 Å². The SMILES string of the molecule is CNc1ncccc1COc1cccc(C(F)(F)F)c1. The van der Waals surface area contributed by atoms with Crippen molar-refractivity contribution in [2.24, 2.45) is 0 Å². The molecule has 0 bridgehead atoms. The molecule has 1 heterocycles. The molecule has 0 aliphatic carbocycles. The summed E-state index contributed by atoms with van der Waals surface area (Å²) in [5.74, 6) is 0.810. The van der Waals surface area contributed by atoms with Gasteiger partial charge in [-0.3, -0.25) is 0 Å². The van der Waals surface area contributed by atoms with E-state index in [1.165, 1.54) is 12.1 Å². The van der Waals surface area contributed by atoms with Crippen molar-refractivity contribution in [3.8, 4) is 5.75 Å². The molecule has 2 aromatic rings. The molecule has 1 N–H and O–H groups in total. The van der Waals surface area contributed by atoms with E-state index in [1.54, 1.807) is 25.4 Å². The van der Waals surface area contributed by atoms with Crippen molar-refractivity contribution in [2.75, 3.05) is 12.4 Å². The van der Waals surface area contributed by atoms with Crippen LogP contribution in [0.1, 0.15) is 11.1 Å². The lowest BCUT2D eigenvalue weighted by Crippen LogP contribution is -2.06. The maximum atomic E-state index is 12.6. The maximum Gasteiger partial charge on any atom is 0.416 e. The second kappa shape index (κ2) is 5.81. The normalized spacial score (nSPS) is 11.2. The fraction of sp³-hybridized carbons (Fsp3) is 0.214. The molecular formula is C14H13F3N2O. The molecule has 0 radical (unpaired) electrons. The Balaban J connectivity index is 2.11. The fourth-order valence-electron chi connectivity index (χ4n) is 1.70. The topological polar surface area (TPSA) is 34.2 Å². The van der Waals surface area contributed by atoms with Gasteiger partial charge < -0.3 is 10.1 Å². The molecule has 0 amide bonds. The van der Waals surface area contributed by atoms with Gasteiger partial charge in [0.15, 0.2) is 0 Å². The summed E-state index contributed by atoms with van der Waals surface area (Å²) in [4.78, 5) is 4.10. The summed E-state index contributed by atoms with van der Waals surface area (Å²) in [7, 11) is 1.72. The highest BCUT2D eigenvalue weighted by Gasteiger charge is 2.30. The molecule has 0 saturated carbocycles. The van der Waals surface area contributed by atoms with Gasteiger partial charge in [0, 0.05) is 18.8 Å². The number of aromatic nitrogens is 1. The number of benzene rings is 1. The number of alkyl halides is 3. The number of halogens is 3. The van der Waals surface area contributed by atoms with Gasteiger partial charge in [0.25, 0.3) is 0 Å². The molecule has 2 rings (SSSR count). The molecular weight excluding hydrogens is 269 g/mol. The number of nitrogens with zero attached hydrogens (tertiary/aromatic N) is 1. The van der Waals surface area contributed by atoms with Crippen LogP contribution in [0.4, 0.5) is 19.0 Å². The predicted molar refractivity (Wildman–Crippen MR) is 69.6 cm³/mol. The zero-order valence-corrected chi connectivity index (χ0v) is 10.7. The summed E-state index contributed by atoms with van der Waals surface area (Å²) >= 11 is 0. The van der Waals surface area contributed by atoms with Crippen molar-refractivity contribution in [3.05, 3.63) is 53.7 Å². The smallest absolute Gasteiger partial charge is 0.416 e. The molecule has 0 fully saturated rings. The minimum atomic E-state index is -4.37. The number of pyridine rings is 1. The fourth-order valence-corrected chi connectivity index (χ4v) is 1.70. The van der Waals surface area contributed by atoms with Crippen molar-refractivity contribution < 1.29 is 17.9 Å². The molecule has 0 aliphatic heterocycles. The number of anilines is 1. The van der Waals surface area contributed by atoms with E-state index in [-0.39, 0.29) is 12.4 Å². The molecule has 0 unspecified atom stereocenters. The quantitative estimate of drug-likeness (QED) is 0.928. The van der Waals surface area contributed by atoms with Crippen LogP contribution in [0.2, 0.25) is 0 Å². The molecule has 3 nitrogen and oxygen atoms in total. The van der Waals surface area contributed by atoms with Gasteiger partial charge in [-0.05, 0) is 24.3 Å². The third kappa shape index (κ3) is 3.40. The molecule has 1 aromatic heterocycles. The van der Waals surface area contributed by atoms with Crippen LogP contribution >= 0.6 is 0 Å². The standard InChI is InChI=1S/C14H13F3N2O/c1-18-13-10(4-3-7-19-13)9-20-12-6-2-5-11(8-12)14(15,16)17/h2-8H,9H2,1H3,(H,18,19). The van der Waals surface area contributed by atoms with Gasteiger partial charge in [0.2, 0.25) is 0 Å². The van der Waals surface area contributed by atoms with Gasteiger partial charge in [-0.25, -0.2) is 4.98 Å². The number of nitrogens with one attached hydrogen (secondary N) is 1. The molecule has 1 aromatic carbocycles. The Kier molecular flexibility index (Phi) is 4.12. The average Bonchev–Trinajstić information content (AvgIpc) is 2.45. The van der Waals surface area contributed by atoms with Gasteiger partial charge in [-0.15, -0.1) is 0 Å². The van der Waals surface area contributed by atoms with E-state index in [0.29, 0.717) is 5.82 Å². The van der Waals surface area contributed by atoms with Crippen molar-refractivity contribution in [2.45, 2.75) is 12.8 Å². The van der Waals surface area contributed by atoms with Crippen LogP contribution in [0, 0.1) is 0 Å². The molecule has 0 aliphatic rings. The minimum absolute atomic E-state index is 0.144. The van der Waals surface area contributed by atoms with Crippen LogP contribution < -0.4 is 10.1 Å². The Morgan fingerprint density at radius 1 is 1.20 bits per heavy atom. The van der Waals surface area contributed by atoms with Crippen LogP contribution in [-0.4, -0.2) is 12.0 Å². The first kappa shape index (κ1) is 14.2. The Labute approximate surface area is 114 Å². The Hall–Kier alpha value is -2.24. The molecule has 0 saturated heterocycles. The molecule has 0 spiro atoms. The highest BCUT2D eigenvalue weighted by atomic mass is 19.4. The monoisotopic (exact) mass is 282 g/mol. The second-order valence-corrected chi connectivity index (χ2v) is 4.08. The number of ether oxygens (including phenoxy) is 1. The van der Waals surface area contributed by atoms with Gasteiger partial charge in [0.05, 0.1) is 5.56 Å². The second-order valence-electron chi connectivity index (χ2n) is 4.08. The first-order chi connectivity index (χ1) is 9.50. The van der Waals surface area contributed by atoms with E-state index < -0.39 is 11.7 Å².